The summed E-state index contributed by atoms with van der Waals surface area (Å²) in [5, 5.41) is 8.50. The average Bonchev–Trinajstić information content (AvgIpc) is 3.47. The molecule has 0 bridgehead atoms. The first-order chi connectivity index (χ1) is 21.7. The highest BCUT2D eigenvalue weighted by atomic mass is 32.1. The molecule has 0 aliphatic rings. The molecule has 2 aromatic heterocycles. The van der Waals surface area contributed by atoms with E-state index in [9.17, 15) is 0 Å². The molecule has 0 radical (unpaired) electrons. The van der Waals surface area contributed by atoms with Gasteiger partial charge in [-0.3, -0.25) is 0 Å². The van der Waals surface area contributed by atoms with Crippen molar-refractivity contribution in [3.05, 3.63) is 139 Å². The summed E-state index contributed by atoms with van der Waals surface area (Å²) in [4.78, 5) is 14.8. The van der Waals surface area contributed by atoms with Crippen LogP contribution in [0.3, 0.4) is 0 Å². The van der Waals surface area contributed by atoms with Gasteiger partial charge in [-0.1, -0.05) is 109 Å². The van der Waals surface area contributed by atoms with E-state index in [1.54, 1.807) is 17.4 Å². The van der Waals surface area contributed by atoms with Crippen LogP contribution in [-0.4, -0.2) is 15.0 Å². The number of benzene rings is 7. The number of halogens is 1. The third-order valence-electron chi connectivity index (χ3n) is 8.39. The molecule has 44 heavy (non-hydrogen) atoms. The number of nitrogens with zero attached hydrogens (tertiary/aromatic N) is 3. The van der Waals surface area contributed by atoms with Gasteiger partial charge in [0.2, 0.25) is 0 Å². The second-order valence-electron chi connectivity index (χ2n) is 10.9. The molecule has 0 atom stereocenters. The van der Waals surface area contributed by atoms with Crippen molar-refractivity contribution in [3.63, 3.8) is 0 Å². The molecule has 0 spiro atoms. The molecule has 0 saturated heterocycles. The highest BCUT2D eigenvalue weighted by molar-refractivity contribution is 7.26. The Kier molecular flexibility index (Phi) is 5.55. The van der Waals surface area contributed by atoms with Gasteiger partial charge in [0.15, 0.2) is 17.5 Å². The SMILES string of the molecule is Fc1cc2c3ccccc3c3ccccc3c2cc1-c1nc(-c2ccccc2)nc(-c2cccc3c2sc2ccccc23)n1. The molecule has 206 valence electrons. The molecule has 7 aromatic carbocycles. The zero-order valence-electron chi connectivity index (χ0n) is 23.3. The smallest absolute Gasteiger partial charge is 0.167 e. The van der Waals surface area contributed by atoms with Crippen molar-refractivity contribution >= 4 is 63.8 Å². The fourth-order valence-corrected chi connectivity index (χ4v) is 7.56. The summed E-state index contributed by atoms with van der Waals surface area (Å²) < 4.78 is 18.6. The minimum atomic E-state index is -0.367. The number of thiophene rings is 1. The van der Waals surface area contributed by atoms with Crippen molar-refractivity contribution in [1.82, 2.24) is 15.0 Å². The Morgan fingerprint density at radius 2 is 0.932 bits per heavy atom. The van der Waals surface area contributed by atoms with Crippen molar-refractivity contribution in [2.24, 2.45) is 0 Å². The first-order valence-electron chi connectivity index (χ1n) is 14.5. The molecular formula is C39H22FN3S. The maximum Gasteiger partial charge on any atom is 0.167 e. The van der Waals surface area contributed by atoms with E-state index in [1.165, 1.54) is 10.1 Å². The molecule has 0 N–H and O–H groups in total. The van der Waals surface area contributed by atoms with E-state index in [2.05, 4.69) is 54.6 Å². The topological polar surface area (TPSA) is 38.7 Å². The second kappa shape index (κ2) is 9.76. The van der Waals surface area contributed by atoms with Crippen LogP contribution in [0.5, 0.6) is 0 Å². The predicted octanol–water partition coefficient (Wildman–Crippen LogP) is 10.8. The number of hydrogen-bond acceptors (Lipinski definition) is 4. The molecule has 9 rings (SSSR count). The molecule has 0 fully saturated rings. The molecule has 9 aromatic rings. The van der Waals surface area contributed by atoms with Gasteiger partial charge in [-0.05, 0) is 56.6 Å². The van der Waals surface area contributed by atoms with E-state index in [4.69, 9.17) is 15.0 Å². The van der Waals surface area contributed by atoms with Gasteiger partial charge >= 0.3 is 0 Å². The highest BCUT2D eigenvalue weighted by Crippen LogP contribution is 2.41. The monoisotopic (exact) mass is 583 g/mol. The lowest BCUT2D eigenvalue weighted by molar-refractivity contribution is 0.632. The molecule has 3 nitrogen and oxygen atoms in total. The summed E-state index contributed by atoms with van der Waals surface area (Å²) >= 11 is 1.72. The summed E-state index contributed by atoms with van der Waals surface area (Å²) in [6.07, 6.45) is 0. The van der Waals surface area contributed by atoms with Crippen molar-refractivity contribution < 1.29 is 4.39 Å². The summed E-state index contributed by atoms with van der Waals surface area (Å²) in [5.74, 6) is 0.971. The third-order valence-corrected chi connectivity index (χ3v) is 9.61. The van der Waals surface area contributed by atoms with Gasteiger partial charge in [-0.15, -0.1) is 11.3 Å². The van der Waals surface area contributed by atoms with Crippen LogP contribution in [0.1, 0.15) is 0 Å². The van der Waals surface area contributed by atoms with Gasteiger partial charge in [0.1, 0.15) is 5.82 Å². The maximum atomic E-state index is 16.3. The number of fused-ring (bicyclic) bond motifs is 9. The fourth-order valence-electron chi connectivity index (χ4n) is 6.35. The van der Waals surface area contributed by atoms with E-state index >= 15 is 4.39 Å². The molecule has 0 aliphatic carbocycles. The van der Waals surface area contributed by atoms with Crippen LogP contribution in [0.4, 0.5) is 4.39 Å². The summed E-state index contributed by atoms with van der Waals surface area (Å²) in [6, 6.07) is 44.5. The van der Waals surface area contributed by atoms with Gasteiger partial charge < -0.3 is 0 Å². The van der Waals surface area contributed by atoms with Gasteiger partial charge in [0, 0.05) is 31.3 Å². The third kappa shape index (κ3) is 3.83. The van der Waals surface area contributed by atoms with Crippen molar-refractivity contribution in [3.8, 4) is 34.2 Å². The Balaban J connectivity index is 1.35. The van der Waals surface area contributed by atoms with E-state index in [0.717, 1.165) is 53.5 Å². The predicted molar refractivity (Wildman–Crippen MR) is 181 cm³/mol. The van der Waals surface area contributed by atoms with Gasteiger partial charge in [0.25, 0.3) is 0 Å². The fraction of sp³-hybridized carbons (Fsp3) is 0. The Morgan fingerprint density at radius 3 is 1.64 bits per heavy atom. The second-order valence-corrected chi connectivity index (χ2v) is 12.0. The lowest BCUT2D eigenvalue weighted by Gasteiger charge is -2.13. The normalized spacial score (nSPS) is 11.8. The number of hydrogen-bond donors (Lipinski definition) is 0. The van der Waals surface area contributed by atoms with Crippen molar-refractivity contribution in [2.45, 2.75) is 0 Å². The number of rotatable bonds is 3. The summed E-state index contributed by atoms with van der Waals surface area (Å²) in [7, 11) is 0. The Labute approximate surface area is 255 Å². The van der Waals surface area contributed by atoms with Crippen LogP contribution in [0.15, 0.2) is 133 Å². The van der Waals surface area contributed by atoms with Crippen LogP contribution in [0, 0.1) is 5.82 Å². The Hall–Kier alpha value is -5.52. The standard InChI is InChI=1S/C39H22FN3S/c40-34-22-32-27-16-7-5-14-25(27)24-13-4-6-15-26(24)31(32)21-33(34)39-42-37(23-11-2-1-3-12-23)41-38(43-39)30-19-10-18-29-28-17-8-9-20-35(28)44-36(29)30/h1-22H. The molecule has 0 amide bonds. The van der Waals surface area contributed by atoms with Crippen LogP contribution >= 0.6 is 11.3 Å². The Morgan fingerprint density at radius 1 is 0.409 bits per heavy atom. The number of aromatic nitrogens is 3. The van der Waals surface area contributed by atoms with Crippen LogP contribution in [-0.2, 0) is 0 Å². The zero-order valence-corrected chi connectivity index (χ0v) is 24.1. The summed E-state index contributed by atoms with van der Waals surface area (Å²) in [6.45, 7) is 0. The molecular weight excluding hydrogens is 562 g/mol. The zero-order chi connectivity index (χ0) is 29.2. The average molecular weight is 584 g/mol. The molecule has 0 aliphatic heterocycles. The van der Waals surface area contributed by atoms with Gasteiger partial charge in [-0.2, -0.15) is 0 Å². The molecule has 2 heterocycles. The van der Waals surface area contributed by atoms with E-state index in [1.807, 2.05) is 72.8 Å². The minimum absolute atomic E-state index is 0.309. The lowest BCUT2D eigenvalue weighted by atomic mass is 9.93. The first kappa shape index (κ1) is 25.0. The molecule has 0 unspecified atom stereocenters. The van der Waals surface area contributed by atoms with Crippen LogP contribution in [0.25, 0.3) is 86.7 Å². The quantitative estimate of drug-likeness (QED) is 0.194. The Bertz CT molecular complexity index is 2570. The molecule has 5 heteroatoms. The maximum absolute atomic E-state index is 16.3. The van der Waals surface area contributed by atoms with Gasteiger partial charge in [0.05, 0.1) is 5.56 Å². The van der Waals surface area contributed by atoms with Crippen molar-refractivity contribution in [2.75, 3.05) is 0 Å². The van der Waals surface area contributed by atoms with Gasteiger partial charge in [-0.25, -0.2) is 19.3 Å². The van der Waals surface area contributed by atoms with E-state index in [-0.39, 0.29) is 5.82 Å². The summed E-state index contributed by atoms with van der Waals surface area (Å²) in [5.41, 5.74) is 2.10. The minimum Gasteiger partial charge on any atom is -0.208 e. The molecule has 0 saturated carbocycles. The van der Waals surface area contributed by atoms with E-state index in [0.29, 0.717) is 23.0 Å². The van der Waals surface area contributed by atoms with Crippen molar-refractivity contribution in [1.29, 1.82) is 0 Å². The van der Waals surface area contributed by atoms with Crippen LogP contribution in [0.2, 0.25) is 0 Å². The largest absolute Gasteiger partial charge is 0.208 e. The van der Waals surface area contributed by atoms with Crippen LogP contribution < -0.4 is 0 Å². The van der Waals surface area contributed by atoms with E-state index < -0.39 is 0 Å². The first-order valence-corrected chi connectivity index (χ1v) is 15.3. The highest BCUT2D eigenvalue weighted by Gasteiger charge is 2.20. The lowest BCUT2D eigenvalue weighted by Crippen LogP contribution is -2.01.